The van der Waals surface area contributed by atoms with Crippen molar-refractivity contribution < 1.29 is 14.7 Å². The number of amides is 1. The third kappa shape index (κ3) is 5.30. The van der Waals surface area contributed by atoms with E-state index in [1.807, 2.05) is 0 Å². The van der Waals surface area contributed by atoms with Gasteiger partial charge in [0.25, 0.3) is 0 Å². The van der Waals surface area contributed by atoms with Gasteiger partial charge in [-0.1, -0.05) is 0 Å². The van der Waals surface area contributed by atoms with Gasteiger partial charge in [-0.05, 0) is 0 Å². The summed E-state index contributed by atoms with van der Waals surface area (Å²) in [6.45, 7) is 0. The minimum atomic E-state index is -1.04. The van der Waals surface area contributed by atoms with Crippen LogP contribution in [0.2, 0.25) is 0 Å². The molecule has 0 aliphatic heterocycles. The van der Waals surface area contributed by atoms with Crippen LogP contribution in [0.1, 0.15) is 6.42 Å². The third-order valence-corrected chi connectivity index (χ3v) is 1.44. The number of likely N-dealkylation sites (N-methyl/N-ethyl adjacent to an activating group) is 1. The Balaban J connectivity index is 4.18. The molecule has 0 spiro atoms. The maximum absolute atomic E-state index is 11.0. The Bertz CT molecular complexity index is 223. The summed E-state index contributed by atoms with van der Waals surface area (Å²) in [7, 11) is 4.76. The zero-order valence-electron chi connectivity index (χ0n) is 7.15. The van der Waals surface area contributed by atoms with Crippen molar-refractivity contribution in [3.8, 4) is 0 Å². The molecule has 0 heterocycles. The molecule has 0 aromatic carbocycles. The van der Waals surface area contributed by atoms with Gasteiger partial charge in [-0.3, -0.25) is 0 Å². The van der Waals surface area contributed by atoms with Crippen LogP contribution in [0.4, 0.5) is 0 Å². The molecular formula is C5H11BN3O3P. The number of rotatable bonds is 5. The summed E-state index contributed by atoms with van der Waals surface area (Å²) in [6.07, 6.45) is -0.281. The van der Waals surface area contributed by atoms with E-state index >= 15 is 0 Å². The van der Waals surface area contributed by atoms with Gasteiger partial charge in [-0.2, -0.15) is 0 Å². The van der Waals surface area contributed by atoms with E-state index in [2.05, 4.69) is 24.6 Å². The molecule has 0 radical (unpaired) electrons. The summed E-state index contributed by atoms with van der Waals surface area (Å²) in [5.74, 6) is -1.43. The quantitative estimate of drug-likeness (QED) is 0.385. The number of nitrogens with zero attached hydrogens (tertiary/aromatic N) is 1. The number of carboxylic acid groups (broad SMARTS) is 1. The molecule has 72 valence electrons. The van der Waals surface area contributed by atoms with Crippen LogP contribution in [0.25, 0.3) is 0 Å². The molecule has 0 aromatic rings. The molecule has 2 unspecified atom stereocenters. The Morgan fingerprint density at radius 2 is 2.31 bits per heavy atom. The first-order valence-corrected chi connectivity index (χ1v) is 4.04. The molecule has 1 amide bonds. The van der Waals surface area contributed by atoms with E-state index in [-0.39, 0.29) is 12.3 Å². The van der Waals surface area contributed by atoms with Crippen LogP contribution in [-0.4, -0.2) is 37.3 Å². The Hall–Kier alpha value is -0.965. The zero-order chi connectivity index (χ0) is 10.3. The summed E-state index contributed by atoms with van der Waals surface area (Å²) in [5.41, 5.74) is 0. The van der Waals surface area contributed by atoms with Crippen LogP contribution < -0.4 is 10.5 Å². The van der Waals surface area contributed by atoms with Crippen molar-refractivity contribution >= 4 is 28.5 Å². The van der Waals surface area contributed by atoms with E-state index in [4.69, 9.17) is 5.11 Å². The van der Waals surface area contributed by atoms with Gasteiger partial charge in [0.15, 0.2) is 0 Å². The summed E-state index contributed by atoms with van der Waals surface area (Å²) in [6, 6.07) is -0.785. The SMILES string of the molecule is CNC(=O)C(CC(=O)O)NB=NP. The molecule has 0 fully saturated rings. The second-order valence-corrected chi connectivity index (χ2v) is 2.51. The van der Waals surface area contributed by atoms with Crippen molar-refractivity contribution in [3.63, 3.8) is 0 Å². The van der Waals surface area contributed by atoms with Crippen LogP contribution in [0, 0.1) is 0 Å². The average Bonchev–Trinajstić information content (AvgIpc) is 2.10. The number of nitrogens with one attached hydrogen (secondary N) is 2. The zero-order valence-corrected chi connectivity index (χ0v) is 8.30. The van der Waals surface area contributed by atoms with Gasteiger partial charge in [0.2, 0.25) is 0 Å². The van der Waals surface area contributed by atoms with E-state index in [9.17, 15) is 9.59 Å². The first kappa shape index (κ1) is 12.0. The van der Waals surface area contributed by atoms with E-state index in [1.54, 1.807) is 0 Å². The van der Waals surface area contributed by atoms with Gasteiger partial charge in [-0.25, -0.2) is 0 Å². The predicted molar refractivity (Wildman–Crippen MR) is 51.1 cm³/mol. The van der Waals surface area contributed by atoms with Crippen molar-refractivity contribution in [1.82, 2.24) is 10.5 Å². The molecule has 8 heteroatoms. The summed E-state index contributed by atoms with van der Waals surface area (Å²) < 4.78 is 3.51. The first-order valence-electron chi connectivity index (χ1n) is 3.53. The molecule has 0 aliphatic carbocycles. The summed E-state index contributed by atoms with van der Waals surface area (Å²) in [5, 5.41) is 13.4. The van der Waals surface area contributed by atoms with E-state index in [0.29, 0.717) is 0 Å². The normalized spacial score (nSPS) is 11.8. The molecule has 0 saturated heterocycles. The number of carboxylic acids is 1. The molecule has 6 nitrogen and oxygen atoms in total. The second kappa shape index (κ2) is 6.54. The molecule has 0 bridgehead atoms. The molecule has 13 heavy (non-hydrogen) atoms. The number of hydrogen-bond donors (Lipinski definition) is 3. The third-order valence-electron chi connectivity index (χ3n) is 1.29. The van der Waals surface area contributed by atoms with E-state index in [0.717, 1.165) is 0 Å². The maximum atomic E-state index is 11.0. The van der Waals surface area contributed by atoms with Gasteiger partial charge in [0, 0.05) is 0 Å². The van der Waals surface area contributed by atoms with Crippen LogP contribution in [0.15, 0.2) is 4.67 Å². The van der Waals surface area contributed by atoms with Gasteiger partial charge in [0.1, 0.15) is 0 Å². The molecule has 3 N–H and O–H groups in total. The standard InChI is InChI=1S/C5H11BN3O3P/c1-7-5(12)3(2-4(10)11)8-6-9-13/h3,8H,2,13H2,1H3,(H,7,12)(H,10,11). The minimum absolute atomic E-state index is 0.281. The van der Waals surface area contributed by atoms with Gasteiger partial charge < -0.3 is 0 Å². The molecule has 0 saturated carbocycles. The van der Waals surface area contributed by atoms with Crippen molar-refractivity contribution in [2.45, 2.75) is 12.5 Å². The van der Waals surface area contributed by atoms with Crippen molar-refractivity contribution in [2.24, 2.45) is 4.67 Å². The topological polar surface area (TPSA) is 90.8 Å². The molecular weight excluding hydrogens is 192 g/mol. The van der Waals surface area contributed by atoms with Crippen molar-refractivity contribution in [1.29, 1.82) is 0 Å². The molecule has 0 aliphatic rings. The molecule has 2 atom stereocenters. The second-order valence-electron chi connectivity index (χ2n) is 2.21. The fourth-order valence-electron chi connectivity index (χ4n) is 0.709. The Morgan fingerprint density at radius 1 is 1.69 bits per heavy atom. The van der Waals surface area contributed by atoms with Crippen molar-refractivity contribution in [3.05, 3.63) is 0 Å². The van der Waals surface area contributed by atoms with Crippen molar-refractivity contribution in [2.75, 3.05) is 7.05 Å². The fraction of sp³-hybridized carbons (Fsp3) is 0.600. The fourth-order valence-corrected chi connectivity index (χ4v) is 0.795. The summed E-state index contributed by atoms with van der Waals surface area (Å²) >= 11 is 0. The molecule has 0 aromatic heterocycles. The molecule has 0 rings (SSSR count). The van der Waals surface area contributed by atoms with Crippen LogP contribution in [0.3, 0.4) is 0 Å². The van der Waals surface area contributed by atoms with Crippen LogP contribution in [-0.2, 0) is 9.59 Å². The monoisotopic (exact) mass is 203 g/mol. The van der Waals surface area contributed by atoms with E-state index in [1.165, 1.54) is 14.3 Å². The first-order chi connectivity index (χ1) is 6.11. The van der Waals surface area contributed by atoms with Gasteiger partial charge in [0.05, 0.1) is 0 Å². The number of carbonyl (C=O) groups excluding carboxylic acids is 1. The predicted octanol–water partition coefficient (Wildman–Crippen LogP) is -1.24. The number of aliphatic carboxylic acids is 1. The van der Waals surface area contributed by atoms with Crippen LogP contribution >= 0.6 is 9.39 Å². The van der Waals surface area contributed by atoms with Gasteiger partial charge in [-0.15, -0.1) is 0 Å². The Labute approximate surface area is 78.7 Å². The Kier molecular flexibility index (Phi) is 6.05. The number of carbonyl (C=O) groups is 2. The summed E-state index contributed by atoms with van der Waals surface area (Å²) in [4.78, 5) is 21.4. The van der Waals surface area contributed by atoms with Crippen LogP contribution in [0.5, 0.6) is 0 Å². The van der Waals surface area contributed by atoms with Gasteiger partial charge >= 0.3 is 77.9 Å². The number of hydrogen-bond acceptors (Lipinski definition) is 3. The van der Waals surface area contributed by atoms with E-state index < -0.39 is 12.0 Å². The Morgan fingerprint density at radius 3 is 2.69 bits per heavy atom. The average molecular weight is 203 g/mol.